The molecule has 2 aromatic heterocycles. The molecule has 0 saturated heterocycles. The zero-order valence-corrected chi connectivity index (χ0v) is 6.86. The van der Waals surface area contributed by atoms with Gasteiger partial charge in [-0.25, -0.2) is 4.68 Å². The van der Waals surface area contributed by atoms with Crippen molar-refractivity contribution in [2.75, 3.05) is 0 Å². The molecular formula is C8H5ClN3. The van der Waals surface area contributed by atoms with Crippen LogP contribution in [0.3, 0.4) is 0 Å². The van der Waals surface area contributed by atoms with Crippen LogP contribution >= 0.6 is 11.6 Å². The van der Waals surface area contributed by atoms with E-state index in [0.717, 1.165) is 5.69 Å². The molecule has 2 rings (SSSR count). The second-order valence-corrected chi connectivity index (χ2v) is 2.58. The van der Waals surface area contributed by atoms with Crippen LogP contribution in [0, 0.1) is 6.07 Å². The van der Waals surface area contributed by atoms with E-state index in [1.54, 1.807) is 23.3 Å². The lowest BCUT2D eigenvalue weighted by atomic mass is 10.4. The molecule has 0 bridgehead atoms. The molecule has 0 spiro atoms. The third-order valence-corrected chi connectivity index (χ3v) is 1.60. The molecule has 3 nitrogen and oxygen atoms in total. The molecule has 0 aliphatic heterocycles. The van der Waals surface area contributed by atoms with Gasteiger partial charge in [0.25, 0.3) is 0 Å². The highest BCUT2D eigenvalue weighted by atomic mass is 35.5. The van der Waals surface area contributed by atoms with Crippen LogP contribution in [0.1, 0.15) is 0 Å². The van der Waals surface area contributed by atoms with Crippen molar-refractivity contribution >= 4 is 11.6 Å². The fourth-order valence-electron chi connectivity index (χ4n) is 0.888. The maximum atomic E-state index is 5.60. The van der Waals surface area contributed by atoms with Crippen molar-refractivity contribution in [3.05, 3.63) is 41.9 Å². The smallest absolute Gasteiger partial charge is 0.159 e. The number of aromatic nitrogens is 3. The van der Waals surface area contributed by atoms with E-state index in [1.807, 2.05) is 12.1 Å². The Hall–Kier alpha value is -1.35. The maximum absolute atomic E-state index is 5.60. The topological polar surface area (TPSA) is 30.7 Å². The quantitative estimate of drug-likeness (QED) is 0.666. The van der Waals surface area contributed by atoms with Gasteiger partial charge in [-0.3, -0.25) is 4.98 Å². The highest BCUT2D eigenvalue weighted by Crippen LogP contribution is 2.07. The molecule has 0 N–H and O–H groups in total. The molecule has 0 aliphatic carbocycles. The van der Waals surface area contributed by atoms with Crippen LogP contribution in [0.15, 0.2) is 30.7 Å². The van der Waals surface area contributed by atoms with Crippen LogP contribution in [0.2, 0.25) is 5.15 Å². The van der Waals surface area contributed by atoms with E-state index in [9.17, 15) is 0 Å². The number of rotatable bonds is 1. The summed E-state index contributed by atoms with van der Waals surface area (Å²) in [7, 11) is 0. The van der Waals surface area contributed by atoms with Gasteiger partial charge in [0.15, 0.2) is 5.15 Å². The predicted molar refractivity (Wildman–Crippen MR) is 45.2 cm³/mol. The Morgan fingerprint density at radius 3 is 3.00 bits per heavy atom. The lowest BCUT2D eigenvalue weighted by Gasteiger charge is -1.97. The van der Waals surface area contributed by atoms with Crippen molar-refractivity contribution in [3.63, 3.8) is 0 Å². The van der Waals surface area contributed by atoms with Crippen LogP contribution in [0.5, 0.6) is 0 Å². The van der Waals surface area contributed by atoms with Crippen LogP contribution in [-0.4, -0.2) is 14.8 Å². The Kier molecular flexibility index (Phi) is 1.80. The average molecular weight is 179 g/mol. The molecule has 4 heteroatoms. The Labute approximate surface area is 74.6 Å². The molecule has 0 fully saturated rings. The predicted octanol–water partition coefficient (Wildman–Crippen LogP) is 1.72. The first-order valence-corrected chi connectivity index (χ1v) is 3.77. The van der Waals surface area contributed by atoms with Gasteiger partial charge in [-0.2, -0.15) is 5.10 Å². The van der Waals surface area contributed by atoms with Crippen LogP contribution in [0.25, 0.3) is 5.69 Å². The monoisotopic (exact) mass is 178 g/mol. The van der Waals surface area contributed by atoms with Crippen LogP contribution in [0.4, 0.5) is 0 Å². The summed E-state index contributed by atoms with van der Waals surface area (Å²) in [5, 5.41) is 4.33. The van der Waals surface area contributed by atoms with E-state index in [4.69, 9.17) is 11.6 Å². The summed E-state index contributed by atoms with van der Waals surface area (Å²) in [6.45, 7) is 0. The molecule has 0 saturated carbocycles. The van der Waals surface area contributed by atoms with Gasteiger partial charge in [-0.15, -0.1) is 0 Å². The van der Waals surface area contributed by atoms with Crippen molar-refractivity contribution in [3.8, 4) is 5.69 Å². The summed E-state index contributed by atoms with van der Waals surface area (Å²) in [6, 6.07) is 6.49. The summed E-state index contributed by atoms with van der Waals surface area (Å²) in [4.78, 5) is 3.95. The van der Waals surface area contributed by atoms with E-state index in [1.165, 1.54) is 0 Å². The van der Waals surface area contributed by atoms with E-state index in [-0.39, 0.29) is 0 Å². The second kappa shape index (κ2) is 2.95. The Bertz CT molecular complexity index is 369. The molecule has 59 valence electrons. The van der Waals surface area contributed by atoms with E-state index in [0.29, 0.717) is 5.15 Å². The highest BCUT2D eigenvalue weighted by molar-refractivity contribution is 6.29. The Morgan fingerprint density at radius 1 is 1.50 bits per heavy atom. The van der Waals surface area contributed by atoms with Crippen molar-refractivity contribution in [2.24, 2.45) is 0 Å². The summed E-state index contributed by atoms with van der Waals surface area (Å²) < 4.78 is 1.62. The molecular weight excluding hydrogens is 174 g/mol. The number of pyridine rings is 1. The molecule has 2 aromatic rings. The SMILES string of the molecule is Clc1[c]cn(-c2cccnc2)n1. The van der Waals surface area contributed by atoms with Crippen LogP contribution < -0.4 is 0 Å². The number of halogens is 1. The average Bonchev–Trinajstić information content (AvgIpc) is 2.54. The van der Waals surface area contributed by atoms with Gasteiger partial charge in [0.1, 0.15) is 0 Å². The van der Waals surface area contributed by atoms with Crippen molar-refractivity contribution in [1.29, 1.82) is 0 Å². The maximum Gasteiger partial charge on any atom is 0.159 e. The van der Waals surface area contributed by atoms with Gasteiger partial charge < -0.3 is 0 Å². The van der Waals surface area contributed by atoms with E-state index in [2.05, 4.69) is 16.1 Å². The van der Waals surface area contributed by atoms with Gasteiger partial charge in [0, 0.05) is 18.5 Å². The highest BCUT2D eigenvalue weighted by Gasteiger charge is 1.97. The minimum atomic E-state index is 0.360. The lowest BCUT2D eigenvalue weighted by molar-refractivity contribution is 0.874. The third kappa shape index (κ3) is 1.31. The van der Waals surface area contributed by atoms with Gasteiger partial charge in [0.05, 0.1) is 11.9 Å². The van der Waals surface area contributed by atoms with Crippen molar-refractivity contribution < 1.29 is 0 Å². The molecule has 1 radical (unpaired) electrons. The summed E-state index contributed by atoms with van der Waals surface area (Å²) >= 11 is 5.60. The minimum Gasteiger partial charge on any atom is -0.262 e. The van der Waals surface area contributed by atoms with Gasteiger partial charge in [-0.1, -0.05) is 11.6 Å². The number of hydrogen-bond donors (Lipinski definition) is 0. The van der Waals surface area contributed by atoms with Gasteiger partial charge >= 0.3 is 0 Å². The summed E-state index contributed by atoms with van der Waals surface area (Å²) in [5.74, 6) is 0. The number of nitrogens with zero attached hydrogens (tertiary/aromatic N) is 3. The third-order valence-electron chi connectivity index (χ3n) is 1.41. The van der Waals surface area contributed by atoms with Crippen molar-refractivity contribution in [2.45, 2.75) is 0 Å². The summed E-state index contributed by atoms with van der Waals surface area (Å²) in [5.41, 5.74) is 0.876. The Balaban J connectivity index is 2.45. The molecule has 0 aromatic carbocycles. The van der Waals surface area contributed by atoms with Crippen molar-refractivity contribution in [1.82, 2.24) is 14.8 Å². The molecule has 0 amide bonds. The van der Waals surface area contributed by atoms with Crippen LogP contribution in [-0.2, 0) is 0 Å². The fraction of sp³-hybridized carbons (Fsp3) is 0. The molecule has 0 unspecified atom stereocenters. The standard InChI is InChI=1S/C8H5ClN3/c9-8-3-5-12(11-8)7-2-1-4-10-6-7/h1-2,4-6H. The Morgan fingerprint density at radius 2 is 2.42 bits per heavy atom. The molecule has 0 atom stereocenters. The summed E-state index contributed by atoms with van der Waals surface area (Å²) in [6.07, 6.45) is 5.08. The second-order valence-electron chi connectivity index (χ2n) is 2.22. The van der Waals surface area contributed by atoms with E-state index < -0.39 is 0 Å². The zero-order chi connectivity index (χ0) is 8.39. The largest absolute Gasteiger partial charge is 0.262 e. The fourth-order valence-corrected chi connectivity index (χ4v) is 1.02. The normalized spacial score (nSPS) is 10.1. The molecule has 2 heterocycles. The number of hydrogen-bond acceptors (Lipinski definition) is 2. The first kappa shape index (κ1) is 7.31. The first-order valence-electron chi connectivity index (χ1n) is 3.39. The zero-order valence-electron chi connectivity index (χ0n) is 6.11. The lowest BCUT2D eigenvalue weighted by Crippen LogP contribution is -1.93. The van der Waals surface area contributed by atoms with Gasteiger partial charge in [0.2, 0.25) is 0 Å². The van der Waals surface area contributed by atoms with E-state index >= 15 is 0 Å². The van der Waals surface area contributed by atoms with Gasteiger partial charge in [-0.05, 0) is 12.1 Å². The molecule has 0 aliphatic rings. The first-order chi connectivity index (χ1) is 5.86. The minimum absolute atomic E-state index is 0.360. The molecule has 12 heavy (non-hydrogen) atoms.